The summed E-state index contributed by atoms with van der Waals surface area (Å²) in [6.07, 6.45) is 2.83. The Bertz CT molecular complexity index is 620. The number of rotatable bonds is 7. The molecule has 0 radical (unpaired) electrons. The van der Waals surface area contributed by atoms with Crippen molar-refractivity contribution in [2.24, 2.45) is 0 Å². The molecule has 0 N–H and O–H groups in total. The van der Waals surface area contributed by atoms with Gasteiger partial charge in [-0.25, -0.2) is 0 Å². The summed E-state index contributed by atoms with van der Waals surface area (Å²) in [5.74, 6) is 0. The maximum Gasteiger partial charge on any atom is 0.261 e. The third-order valence-electron chi connectivity index (χ3n) is 5.09. The maximum atomic E-state index is 7.04. The molecule has 0 unspecified atom stereocenters. The van der Waals surface area contributed by atoms with Crippen LogP contribution >= 0.6 is 0 Å². The highest BCUT2D eigenvalue weighted by molar-refractivity contribution is 6.99. The van der Waals surface area contributed by atoms with Gasteiger partial charge in [0.15, 0.2) is 0 Å². The highest BCUT2D eigenvalue weighted by Gasteiger charge is 2.50. The van der Waals surface area contributed by atoms with E-state index in [1.807, 2.05) is 0 Å². The largest absolute Gasteiger partial charge is 0.405 e. The van der Waals surface area contributed by atoms with Gasteiger partial charge in [-0.3, -0.25) is 0 Å². The summed E-state index contributed by atoms with van der Waals surface area (Å²) in [5, 5.41) is 2.74. The van der Waals surface area contributed by atoms with E-state index in [0.29, 0.717) is 6.10 Å². The SMILES string of the molecule is C[C@@H](CC[C@@H]1CO1)O[Si](c1ccccc1)(c1ccccc1)C(C)(C)C. The quantitative estimate of drug-likeness (QED) is 0.551. The smallest absolute Gasteiger partial charge is 0.261 e. The van der Waals surface area contributed by atoms with Crippen molar-refractivity contribution >= 4 is 18.7 Å². The van der Waals surface area contributed by atoms with Gasteiger partial charge in [0.1, 0.15) is 0 Å². The van der Waals surface area contributed by atoms with E-state index >= 15 is 0 Å². The zero-order valence-corrected chi connectivity index (χ0v) is 16.9. The second-order valence-electron chi connectivity index (χ2n) is 8.12. The molecular weight excluding hydrogens is 324 g/mol. The van der Waals surface area contributed by atoms with Crippen LogP contribution in [0.25, 0.3) is 0 Å². The van der Waals surface area contributed by atoms with Gasteiger partial charge >= 0.3 is 0 Å². The van der Waals surface area contributed by atoms with Crippen LogP contribution in [-0.4, -0.2) is 27.1 Å². The van der Waals surface area contributed by atoms with Gasteiger partial charge in [-0.05, 0) is 35.2 Å². The van der Waals surface area contributed by atoms with Crippen LogP contribution in [0.3, 0.4) is 0 Å². The molecule has 0 spiro atoms. The molecule has 0 aromatic heterocycles. The minimum absolute atomic E-state index is 0.0417. The van der Waals surface area contributed by atoms with Crippen molar-refractivity contribution in [2.75, 3.05) is 6.61 Å². The van der Waals surface area contributed by atoms with Crippen LogP contribution in [0.4, 0.5) is 0 Å². The third-order valence-corrected chi connectivity index (χ3v) is 10.3. The van der Waals surface area contributed by atoms with Gasteiger partial charge in [-0.2, -0.15) is 0 Å². The lowest BCUT2D eigenvalue weighted by molar-refractivity contribution is 0.188. The molecule has 1 fully saturated rings. The average Bonchev–Trinajstić information content (AvgIpc) is 3.43. The van der Waals surface area contributed by atoms with Gasteiger partial charge < -0.3 is 9.16 Å². The van der Waals surface area contributed by atoms with Crippen molar-refractivity contribution in [1.82, 2.24) is 0 Å². The molecule has 0 bridgehead atoms. The van der Waals surface area contributed by atoms with Crippen LogP contribution in [0.1, 0.15) is 40.5 Å². The molecule has 2 aromatic rings. The lowest BCUT2D eigenvalue weighted by Gasteiger charge is -2.44. The Hall–Kier alpha value is -1.42. The second-order valence-corrected chi connectivity index (χ2v) is 12.4. The number of hydrogen-bond donors (Lipinski definition) is 0. The van der Waals surface area contributed by atoms with E-state index in [4.69, 9.17) is 9.16 Å². The molecule has 2 aromatic carbocycles. The Morgan fingerprint density at radius 2 is 1.48 bits per heavy atom. The van der Waals surface area contributed by atoms with Crippen molar-refractivity contribution in [3.63, 3.8) is 0 Å². The first-order valence-corrected chi connectivity index (χ1v) is 11.2. The maximum absolute atomic E-state index is 7.04. The van der Waals surface area contributed by atoms with E-state index in [1.165, 1.54) is 10.4 Å². The van der Waals surface area contributed by atoms with E-state index in [0.717, 1.165) is 19.4 Å². The Balaban J connectivity index is 2.01. The highest BCUT2D eigenvalue weighted by atomic mass is 28.4. The molecule has 0 amide bonds. The van der Waals surface area contributed by atoms with Crippen LogP contribution in [0.2, 0.25) is 5.04 Å². The Morgan fingerprint density at radius 3 is 1.88 bits per heavy atom. The van der Waals surface area contributed by atoms with Gasteiger partial charge in [-0.1, -0.05) is 81.4 Å². The molecule has 1 aliphatic rings. The normalized spacial score (nSPS) is 18.8. The fourth-order valence-electron chi connectivity index (χ4n) is 3.71. The number of hydrogen-bond acceptors (Lipinski definition) is 2. The van der Waals surface area contributed by atoms with Gasteiger partial charge in [0.2, 0.25) is 0 Å². The first-order valence-electron chi connectivity index (χ1n) is 9.34. The monoisotopic (exact) mass is 354 g/mol. The summed E-state index contributed by atoms with van der Waals surface area (Å²) in [5.41, 5.74) is 0. The standard InChI is InChI=1S/C22H30O2Si/c1-18(15-16-19-17-23-19)24-25(22(2,3)4,20-11-7-5-8-12-20)21-13-9-6-10-14-21/h5-14,18-19H,15-17H2,1-4H3/t18-,19+/m0/s1. The van der Waals surface area contributed by atoms with E-state index in [9.17, 15) is 0 Å². The first kappa shape index (κ1) is 18.4. The highest BCUT2D eigenvalue weighted by Crippen LogP contribution is 2.38. The van der Waals surface area contributed by atoms with Crippen molar-refractivity contribution in [1.29, 1.82) is 0 Å². The minimum atomic E-state index is -2.40. The predicted octanol–water partition coefficient (Wildman–Crippen LogP) is 4.13. The second kappa shape index (κ2) is 7.44. The molecule has 1 heterocycles. The summed E-state index contributed by atoms with van der Waals surface area (Å²) in [6.45, 7) is 10.1. The predicted molar refractivity (Wildman–Crippen MR) is 107 cm³/mol. The molecule has 1 saturated heterocycles. The van der Waals surface area contributed by atoms with Crippen LogP contribution in [0, 0.1) is 0 Å². The fourth-order valence-corrected chi connectivity index (χ4v) is 8.44. The van der Waals surface area contributed by atoms with Crippen molar-refractivity contribution in [2.45, 2.75) is 57.8 Å². The lowest BCUT2D eigenvalue weighted by atomic mass is 10.2. The Morgan fingerprint density at radius 1 is 1.00 bits per heavy atom. The summed E-state index contributed by atoms with van der Waals surface area (Å²) < 4.78 is 12.4. The van der Waals surface area contributed by atoms with Crippen LogP contribution in [-0.2, 0) is 9.16 Å². The minimum Gasteiger partial charge on any atom is -0.405 e. The van der Waals surface area contributed by atoms with Crippen LogP contribution < -0.4 is 10.4 Å². The summed E-state index contributed by atoms with van der Waals surface area (Å²) in [6, 6.07) is 21.7. The van der Waals surface area contributed by atoms with E-state index in [1.54, 1.807) is 0 Å². The number of ether oxygens (including phenoxy) is 1. The van der Waals surface area contributed by atoms with Crippen molar-refractivity contribution < 1.29 is 9.16 Å². The van der Waals surface area contributed by atoms with Crippen molar-refractivity contribution in [3.8, 4) is 0 Å². The lowest BCUT2D eigenvalue weighted by Crippen LogP contribution is -2.67. The first-order chi connectivity index (χ1) is 11.9. The van der Waals surface area contributed by atoms with E-state index < -0.39 is 8.32 Å². The van der Waals surface area contributed by atoms with Gasteiger partial charge in [0.05, 0.1) is 12.7 Å². The van der Waals surface area contributed by atoms with E-state index in [2.05, 4.69) is 88.4 Å². The zero-order chi connectivity index (χ0) is 17.9. The molecule has 1 aliphatic heterocycles. The van der Waals surface area contributed by atoms with E-state index in [-0.39, 0.29) is 11.1 Å². The van der Waals surface area contributed by atoms with Gasteiger partial charge in [0, 0.05) is 6.10 Å². The number of benzene rings is 2. The molecule has 134 valence electrons. The average molecular weight is 355 g/mol. The molecule has 25 heavy (non-hydrogen) atoms. The molecule has 2 nitrogen and oxygen atoms in total. The topological polar surface area (TPSA) is 21.8 Å². The molecule has 3 rings (SSSR count). The van der Waals surface area contributed by atoms with Crippen LogP contribution in [0.5, 0.6) is 0 Å². The Kier molecular flexibility index (Phi) is 5.47. The molecular formula is C22H30O2Si. The van der Waals surface area contributed by atoms with Crippen LogP contribution in [0.15, 0.2) is 60.7 Å². The summed E-state index contributed by atoms with van der Waals surface area (Å²) in [7, 11) is -2.40. The van der Waals surface area contributed by atoms with Gasteiger partial charge in [-0.15, -0.1) is 0 Å². The third kappa shape index (κ3) is 4.05. The van der Waals surface area contributed by atoms with Gasteiger partial charge in [0.25, 0.3) is 8.32 Å². The molecule has 0 saturated carbocycles. The van der Waals surface area contributed by atoms with Crippen molar-refractivity contribution in [3.05, 3.63) is 60.7 Å². The summed E-state index contributed by atoms with van der Waals surface area (Å²) >= 11 is 0. The Labute approximate surface area is 153 Å². The molecule has 0 aliphatic carbocycles. The zero-order valence-electron chi connectivity index (χ0n) is 15.9. The fraction of sp³-hybridized carbons (Fsp3) is 0.455. The molecule has 2 atom stereocenters. The summed E-state index contributed by atoms with van der Waals surface area (Å²) in [4.78, 5) is 0. The molecule has 3 heteroatoms. The number of epoxide rings is 1.